The maximum atomic E-state index is 12.3. The van der Waals surface area contributed by atoms with Gasteiger partial charge < -0.3 is 21.7 Å². The van der Waals surface area contributed by atoms with E-state index in [0.717, 1.165) is 49.8 Å². The molecule has 3 saturated carbocycles. The number of hydrogen-bond donors (Lipinski definition) is 4. The van der Waals surface area contributed by atoms with Gasteiger partial charge in [-0.25, -0.2) is 0 Å². The number of hydrogen-bond acceptors (Lipinski definition) is 4. The van der Waals surface area contributed by atoms with E-state index < -0.39 is 16.6 Å². The Morgan fingerprint density at radius 1 is 0.938 bits per heavy atom. The highest BCUT2D eigenvalue weighted by atomic mass is 16.3. The van der Waals surface area contributed by atoms with Crippen molar-refractivity contribution in [3.63, 3.8) is 0 Å². The smallest absolute Gasteiger partial charge is 0.211 e. The van der Waals surface area contributed by atoms with E-state index in [0.29, 0.717) is 18.8 Å². The van der Waals surface area contributed by atoms with Crippen LogP contribution in [0.4, 0.5) is 0 Å². The molecule has 0 saturated heterocycles. The first-order valence-electron chi connectivity index (χ1n) is 12.0. The number of guanidine groups is 1. The fraction of sp³-hybridized carbons (Fsp3) is 0.615. The van der Waals surface area contributed by atoms with E-state index in [1.807, 2.05) is 30.3 Å². The minimum absolute atomic E-state index is 0.0196. The highest BCUT2D eigenvalue weighted by Gasteiger charge is 2.71. The quantitative estimate of drug-likeness (QED) is 0.322. The molecule has 0 amide bonds. The van der Waals surface area contributed by atoms with Crippen LogP contribution in [0.2, 0.25) is 0 Å². The van der Waals surface area contributed by atoms with Crippen molar-refractivity contribution in [2.24, 2.45) is 44.3 Å². The molecule has 0 radical (unpaired) electrons. The third kappa shape index (κ3) is 2.78. The highest BCUT2D eigenvalue weighted by Crippen LogP contribution is 2.71. The number of nitrogens with zero attached hydrogens (tertiary/aromatic N) is 2. The zero-order valence-corrected chi connectivity index (χ0v) is 19.2. The van der Waals surface area contributed by atoms with Crippen molar-refractivity contribution in [2.45, 2.75) is 76.4 Å². The van der Waals surface area contributed by atoms with E-state index in [4.69, 9.17) is 11.5 Å². The van der Waals surface area contributed by atoms with E-state index in [1.54, 1.807) is 0 Å². The predicted octanol–water partition coefficient (Wildman–Crippen LogP) is 3.58. The summed E-state index contributed by atoms with van der Waals surface area (Å²) in [5.74, 6) is 0.578. The monoisotopic (exact) mass is 436 g/mol. The molecule has 0 heterocycles. The third-order valence-corrected chi connectivity index (χ3v) is 9.85. The summed E-state index contributed by atoms with van der Waals surface area (Å²) in [6.45, 7) is 4.51. The Bertz CT molecular complexity index is 1000. The average Bonchev–Trinajstić information content (AvgIpc) is 3.00. The lowest BCUT2D eigenvalue weighted by Crippen LogP contribution is -2.63. The summed E-state index contributed by atoms with van der Waals surface area (Å²) in [4.78, 5) is 0. The Hall–Kier alpha value is -2.18. The second-order valence-electron chi connectivity index (χ2n) is 11.0. The molecule has 0 spiro atoms. The van der Waals surface area contributed by atoms with Crippen LogP contribution in [0.15, 0.2) is 52.2 Å². The minimum Gasteiger partial charge on any atom is -0.389 e. The van der Waals surface area contributed by atoms with Crippen LogP contribution in [0.3, 0.4) is 0 Å². The van der Waals surface area contributed by atoms with Crippen molar-refractivity contribution in [1.29, 1.82) is 0 Å². The first kappa shape index (κ1) is 21.7. The normalized spacial score (nSPS) is 44.2. The number of benzene rings is 1. The molecule has 3 fully saturated rings. The second-order valence-corrected chi connectivity index (χ2v) is 11.0. The van der Waals surface area contributed by atoms with Crippen LogP contribution in [0.5, 0.6) is 0 Å². The Balaban J connectivity index is 1.49. The van der Waals surface area contributed by atoms with Crippen LogP contribution in [-0.4, -0.2) is 27.5 Å². The largest absolute Gasteiger partial charge is 0.389 e. The molecule has 0 aliphatic heterocycles. The van der Waals surface area contributed by atoms with Gasteiger partial charge in [0.05, 0.1) is 16.9 Å². The molecule has 6 nitrogen and oxygen atoms in total. The molecule has 0 unspecified atom stereocenters. The fourth-order valence-corrected chi connectivity index (χ4v) is 7.94. The Morgan fingerprint density at radius 2 is 1.69 bits per heavy atom. The van der Waals surface area contributed by atoms with Crippen LogP contribution in [-0.2, 0) is 5.60 Å². The average molecular weight is 437 g/mol. The van der Waals surface area contributed by atoms with Crippen molar-refractivity contribution in [3.8, 4) is 0 Å². The molecule has 5 rings (SSSR count). The molecular weight excluding hydrogens is 400 g/mol. The number of fused-ring (bicyclic) bond motifs is 5. The summed E-state index contributed by atoms with van der Waals surface area (Å²) in [6.07, 6.45) is 9.03. The van der Waals surface area contributed by atoms with Gasteiger partial charge in [0.15, 0.2) is 0 Å². The standard InChI is InChI=1S/C26H36N4O2/c1-23-12-10-19(29-30-22(27)28)16-18(23)8-9-21-20(23)11-13-24(2)25(31,14-15-26(21,24)32)17-6-4-3-5-7-17/h3-7,16,20-21,31-32H,8-15H2,1-2H3,(H4,27,28,30)/b29-19+/t20-,21+,23-,24+,25-,26-/m0/s1. The Kier molecular flexibility index (Phi) is 4.84. The fourth-order valence-electron chi connectivity index (χ4n) is 7.94. The van der Waals surface area contributed by atoms with Crippen molar-refractivity contribution >= 4 is 11.7 Å². The summed E-state index contributed by atoms with van der Waals surface area (Å²) < 4.78 is 0. The van der Waals surface area contributed by atoms with E-state index in [1.165, 1.54) is 5.57 Å². The molecule has 0 bridgehead atoms. The van der Waals surface area contributed by atoms with Crippen LogP contribution in [0.1, 0.15) is 70.8 Å². The molecule has 32 heavy (non-hydrogen) atoms. The van der Waals surface area contributed by atoms with Gasteiger partial charge in [-0.3, -0.25) is 0 Å². The Morgan fingerprint density at radius 3 is 2.41 bits per heavy atom. The van der Waals surface area contributed by atoms with Gasteiger partial charge in [0.25, 0.3) is 0 Å². The summed E-state index contributed by atoms with van der Waals surface area (Å²) in [5, 5.41) is 32.4. The van der Waals surface area contributed by atoms with Gasteiger partial charge in [-0.1, -0.05) is 49.8 Å². The van der Waals surface area contributed by atoms with Crippen molar-refractivity contribution in [3.05, 3.63) is 47.5 Å². The number of aliphatic hydroxyl groups is 2. The number of allylic oxidation sites excluding steroid dienone is 2. The number of rotatable bonds is 2. The van der Waals surface area contributed by atoms with E-state index in [2.05, 4.69) is 30.1 Å². The minimum atomic E-state index is -0.989. The molecule has 4 aliphatic carbocycles. The first-order valence-corrected chi connectivity index (χ1v) is 12.0. The van der Waals surface area contributed by atoms with Crippen molar-refractivity contribution in [2.75, 3.05) is 0 Å². The van der Waals surface area contributed by atoms with Gasteiger partial charge >= 0.3 is 0 Å². The maximum Gasteiger partial charge on any atom is 0.211 e. The van der Waals surface area contributed by atoms with Gasteiger partial charge in [0.1, 0.15) is 0 Å². The molecule has 4 aliphatic rings. The second kappa shape index (κ2) is 7.16. The Labute approximate surface area is 190 Å². The third-order valence-electron chi connectivity index (χ3n) is 9.85. The highest BCUT2D eigenvalue weighted by molar-refractivity contribution is 5.97. The summed E-state index contributed by atoms with van der Waals surface area (Å²) in [5.41, 5.74) is 11.8. The molecule has 1 aromatic rings. The van der Waals surface area contributed by atoms with Crippen LogP contribution >= 0.6 is 0 Å². The zero-order valence-electron chi connectivity index (χ0n) is 19.2. The van der Waals surface area contributed by atoms with Gasteiger partial charge in [-0.05, 0) is 80.3 Å². The lowest BCUT2D eigenvalue weighted by molar-refractivity contribution is -0.221. The predicted molar refractivity (Wildman–Crippen MR) is 127 cm³/mol. The molecule has 6 heteroatoms. The summed E-state index contributed by atoms with van der Waals surface area (Å²) in [7, 11) is 0. The van der Waals surface area contributed by atoms with Gasteiger partial charge in [-0.2, -0.15) is 5.10 Å². The summed E-state index contributed by atoms with van der Waals surface area (Å²) >= 11 is 0. The molecule has 6 N–H and O–H groups in total. The zero-order chi connectivity index (χ0) is 22.8. The van der Waals surface area contributed by atoms with Crippen molar-refractivity contribution < 1.29 is 10.2 Å². The van der Waals surface area contributed by atoms with Crippen LogP contribution in [0.25, 0.3) is 0 Å². The first-order chi connectivity index (χ1) is 15.1. The van der Waals surface area contributed by atoms with E-state index in [-0.39, 0.29) is 17.3 Å². The van der Waals surface area contributed by atoms with E-state index in [9.17, 15) is 10.2 Å². The van der Waals surface area contributed by atoms with E-state index >= 15 is 0 Å². The van der Waals surface area contributed by atoms with Gasteiger partial charge in [0.2, 0.25) is 5.96 Å². The molecule has 1 aromatic carbocycles. The van der Waals surface area contributed by atoms with Crippen LogP contribution in [0, 0.1) is 22.7 Å². The SMILES string of the molecule is C[C@]12CC[C@H]3[C@@H](CCC4=C/C(=N/N=C(N)N)CC[C@@]43C)[C@@]1(O)CC[C@]2(O)c1ccccc1. The lowest BCUT2D eigenvalue weighted by Gasteiger charge is -2.62. The van der Waals surface area contributed by atoms with Crippen LogP contribution < -0.4 is 11.5 Å². The molecule has 6 atom stereocenters. The molecule has 0 aromatic heterocycles. The van der Waals surface area contributed by atoms with Crippen molar-refractivity contribution in [1.82, 2.24) is 0 Å². The molecule has 172 valence electrons. The lowest BCUT2D eigenvalue weighted by atomic mass is 9.44. The molecular formula is C26H36N4O2. The van der Waals surface area contributed by atoms with Gasteiger partial charge in [0, 0.05) is 5.41 Å². The maximum absolute atomic E-state index is 12.3. The topological polar surface area (TPSA) is 117 Å². The number of nitrogens with two attached hydrogens (primary N) is 2. The summed E-state index contributed by atoms with van der Waals surface area (Å²) in [6, 6.07) is 10.00. The van der Waals surface area contributed by atoms with Gasteiger partial charge in [-0.15, -0.1) is 5.10 Å².